The molecular formula is C41H25F6N3. The minimum atomic E-state index is -5.14. The summed E-state index contributed by atoms with van der Waals surface area (Å²) in [6.45, 7) is 3.86. The third-order valence-electron chi connectivity index (χ3n) is 9.33. The second-order valence-corrected chi connectivity index (χ2v) is 12.4. The Morgan fingerprint density at radius 2 is 1.00 bits per heavy atom. The SMILES string of the molecule is Cc1ccc2c(c1)c1ccccc1n2-c1ccc(-c2c(C(F)(F)F)cccc2C(F)(F)F)c(-n2c3ccccc3c3cc(C)ccc32)c1C#N. The van der Waals surface area contributed by atoms with Crippen LogP contribution >= 0.6 is 0 Å². The number of alkyl halides is 6. The molecule has 8 aromatic rings. The van der Waals surface area contributed by atoms with Crippen LogP contribution in [0.4, 0.5) is 26.3 Å². The van der Waals surface area contributed by atoms with Gasteiger partial charge in [-0.25, -0.2) is 0 Å². The van der Waals surface area contributed by atoms with E-state index in [1.165, 1.54) is 12.1 Å². The number of hydrogen-bond donors (Lipinski definition) is 0. The quantitative estimate of drug-likeness (QED) is 0.172. The van der Waals surface area contributed by atoms with Gasteiger partial charge >= 0.3 is 12.4 Å². The van der Waals surface area contributed by atoms with Gasteiger partial charge in [-0.1, -0.05) is 71.8 Å². The molecule has 6 aromatic carbocycles. The van der Waals surface area contributed by atoms with Crippen molar-refractivity contribution in [3.63, 3.8) is 0 Å². The van der Waals surface area contributed by atoms with Crippen LogP contribution in [0.1, 0.15) is 27.8 Å². The minimum absolute atomic E-state index is 0.0831. The number of nitrogens with zero attached hydrogens (tertiary/aromatic N) is 3. The Morgan fingerprint density at radius 3 is 1.52 bits per heavy atom. The molecule has 0 aliphatic rings. The van der Waals surface area contributed by atoms with Crippen molar-refractivity contribution in [2.24, 2.45) is 0 Å². The fraction of sp³-hybridized carbons (Fsp3) is 0.0976. The first-order valence-corrected chi connectivity index (χ1v) is 15.7. The van der Waals surface area contributed by atoms with Crippen molar-refractivity contribution in [2.45, 2.75) is 26.2 Å². The van der Waals surface area contributed by atoms with Crippen molar-refractivity contribution in [2.75, 3.05) is 0 Å². The van der Waals surface area contributed by atoms with Crippen LogP contribution in [0.25, 0.3) is 66.1 Å². The lowest BCUT2D eigenvalue weighted by Crippen LogP contribution is -2.16. The van der Waals surface area contributed by atoms with Crippen molar-refractivity contribution in [1.82, 2.24) is 9.13 Å². The highest BCUT2D eigenvalue weighted by molar-refractivity contribution is 6.12. The van der Waals surface area contributed by atoms with Crippen LogP contribution in [0.2, 0.25) is 0 Å². The molecule has 0 N–H and O–H groups in total. The topological polar surface area (TPSA) is 33.6 Å². The van der Waals surface area contributed by atoms with Crippen LogP contribution in [-0.4, -0.2) is 9.13 Å². The summed E-state index contributed by atoms with van der Waals surface area (Å²) in [5.41, 5.74) is 0.274. The molecule has 9 heteroatoms. The zero-order valence-electron chi connectivity index (χ0n) is 26.6. The van der Waals surface area contributed by atoms with Crippen LogP contribution < -0.4 is 0 Å². The number of hydrogen-bond acceptors (Lipinski definition) is 1. The molecule has 0 radical (unpaired) electrons. The standard InChI is InChI=1S/C41H25F6N3/c1-23-14-17-35-28(20-23)25-8-3-5-12-33(25)49(35)37-19-16-27(38-31(40(42,43)44)10-7-11-32(38)41(45,46)47)39(30(37)22-48)50-34-13-6-4-9-26(34)29-21-24(2)15-18-36(29)50/h3-21H,1-2H3. The first kappa shape index (κ1) is 31.3. The predicted octanol–water partition coefficient (Wildman–Crippen LogP) is 12.1. The molecule has 246 valence electrons. The van der Waals surface area contributed by atoms with Crippen molar-refractivity contribution in [3.8, 4) is 28.6 Å². The van der Waals surface area contributed by atoms with E-state index in [2.05, 4.69) is 6.07 Å². The average molecular weight is 674 g/mol. The monoisotopic (exact) mass is 673 g/mol. The zero-order valence-corrected chi connectivity index (χ0v) is 26.6. The number of halogens is 6. The van der Waals surface area contributed by atoms with E-state index in [-0.39, 0.29) is 16.8 Å². The molecule has 0 spiro atoms. The number of para-hydroxylation sites is 2. The number of benzene rings is 6. The van der Waals surface area contributed by atoms with Crippen molar-refractivity contribution < 1.29 is 26.3 Å². The molecule has 50 heavy (non-hydrogen) atoms. The van der Waals surface area contributed by atoms with E-state index in [0.29, 0.717) is 28.9 Å². The summed E-state index contributed by atoms with van der Waals surface area (Å²) in [5.74, 6) is 0. The maximum Gasteiger partial charge on any atom is 0.417 e. The highest BCUT2D eigenvalue weighted by atomic mass is 19.4. The summed E-state index contributed by atoms with van der Waals surface area (Å²) in [5, 5.41) is 14.3. The van der Waals surface area contributed by atoms with Gasteiger partial charge in [-0.05, 0) is 68.4 Å². The Labute approximate surface area is 281 Å². The first-order chi connectivity index (χ1) is 23.9. The van der Waals surface area contributed by atoms with Crippen LogP contribution in [-0.2, 0) is 12.4 Å². The lowest BCUT2D eigenvalue weighted by molar-refractivity contribution is -0.142. The molecule has 0 unspecified atom stereocenters. The normalized spacial score (nSPS) is 12.4. The van der Waals surface area contributed by atoms with E-state index in [0.717, 1.165) is 49.8 Å². The van der Waals surface area contributed by atoms with Crippen LogP contribution in [0, 0.1) is 25.2 Å². The molecule has 0 atom stereocenters. The van der Waals surface area contributed by atoms with Crippen LogP contribution in [0.15, 0.2) is 115 Å². The summed E-state index contributed by atoms with van der Waals surface area (Å²) in [6, 6.07) is 33.1. The summed E-state index contributed by atoms with van der Waals surface area (Å²) < 4.78 is 92.0. The molecule has 0 amide bonds. The van der Waals surface area contributed by atoms with E-state index in [9.17, 15) is 31.6 Å². The van der Waals surface area contributed by atoms with Gasteiger partial charge < -0.3 is 9.13 Å². The second kappa shape index (κ2) is 11.0. The van der Waals surface area contributed by atoms with Gasteiger partial charge in [-0.2, -0.15) is 31.6 Å². The van der Waals surface area contributed by atoms with Crippen molar-refractivity contribution >= 4 is 43.6 Å². The summed E-state index contributed by atoms with van der Waals surface area (Å²) in [4.78, 5) is 0. The number of fused-ring (bicyclic) bond motifs is 6. The molecular weight excluding hydrogens is 648 g/mol. The molecule has 2 aromatic heterocycles. The van der Waals surface area contributed by atoms with E-state index >= 15 is 0 Å². The molecule has 0 saturated carbocycles. The second-order valence-electron chi connectivity index (χ2n) is 12.4. The molecule has 0 saturated heterocycles. The average Bonchev–Trinajstić information content (AvgIpc) is 3.58. The summed E-state index contributed by atoms with van der Waals surface area (Å²) >= 11 is 0. The Balaban J connectivity index is 1.62. The Kier molecular flexibility index (Phi) is 6.88. The Morgan fingerprint density at radius 1 is 0.520 bits per heavy atom. The van der Waals surface area contributed by atoms with Gasteiger partial charge in [0.1, 0.15) is 11.6 Å². The van der Waals surface area contributed by atoms with E-state index < -0.39 is 29.0 Å². The predicted molar refractivity (Wildman–Crippen MR) is 185 cm³/mol. The fourth-order valence-electron chi connectivity index (χ4n) is 7.30. The fourth-order valence-corrected chi connectivity index (χ4v) is 7.30. The third kappa shape index (κ3) is 4.66. The largest absolute Gasteiger partial charge is 0.417 e. The highest BCUT2D eigenvalue weighted by Crippen LogP contribution is 2.49. The summed E-state index contributed by atoms with van der Waals surface area (Å²) in [6.07, 6.45) is -10.3. The van der Waals surface area contributed by atoms with E-state index in [1.54, 1.807) is 22.8 Å². The van der Waals surface area contributed by atoms with Gasteiger partial charge in [-0.15, -0.1) is 0 Å². The highest BCUT2D eigenvalue weighted by Gasteiger charge is 2.42. The molecule has 2 heterocycles. The minimum Gasteiger partial charge on any atom is -0.308 e. The molecule has 0 aliphatic carbocycles. The molecule has 8 rings (SSSR count). The van der Waals surface area contributed by atoms with Crippen LogP contribution in [0.5, 0.6) is 0 Å². The Hall–Kier alpha value is -6.01. The number of aryl methyl sites for hydroxylation is 2. The summed E-state index contributed by atoms with van der Waals surface area (Å²) in [7, 11) is 0. The smallest absolute Gasteiger partial charge is 0.308 e. The van der Waals surface area contributed by atoms with Crippen LogP contribution in [0.3, 0.4) is 0 Å². The molecule has 3 nitrogen and oxygen atoms in total. The van der Waals surface area contributed by atoms with Crippen molar-refractivity contribution in [1.29, 1.82) is 5.26 Å². The van der Waals surface area contributed by atoms with Gasteiger partial charge in [0.2, 0.25) is 0 Å². The lowest BCUT2D eigenvalue weighted by Gasteiger charge is -2.24. The number of aromatic nitrogens is 2. The maximum atomic E-state index is 14.8. The molecule has 0 fully saturated rings. The molecule has 0 aliphatic heterocycles. The van der Waals surface area contributed by atoms with Gasteiger partial charge in [0.05, 0.1) is 44.6 Å². The zero-order chi connectivity index (χ0) is 35.1. The maximum absolute atomic E-state index is 14.8. The van der Waals surface area contributed by atoms with Gasteiger partial charge in [0.15, 0.2) is 0 Å². The van der Waals surface area contributed by atoms with Gasteiger partial charge in [-0.3, -0.25) is 0 Å². The van der Waals surface area contributed by atoms with Gasteiger partial charge in [0, 0.05) is 32.7 Å². The molecule has 0 bridgehead atoms. The van der Waals surface area contributed by atoms with Crippen molar-refractivity contribution in [3.05, 3.63) is 143 Å². The lowest BCUT2D eigenvalue weighted by atomic mass is 9.90. The number of rotatable bonds is 3. The van der Waals surface area contributed by atoms with Gasteiger partial charge in [0.25, 0.3) is 0 Å². The van der Waals surface area contributed by atoms with E-state index in [1.807, 2.05) is 85.1 Å². The first-order valence-electron chi connectivity index (χ1n) is 15.7. The Bertz CT molecular complexity index is 2690. The van der Waals surface area contributed by atoms with E-state index in [4.69, 9.17) is 0 Å². The number of nitriles is 1. The third-order valence-corrected chi connectivity index (χ3v) is 9.33.